The van der Waals surface area contributed by atoms with Crippen LogP contribution in [0.1, 0.15) is 179 Å². The molecule has 9 aromatic rings. The molecule has 412 valence electrons. The van der Waals surface area contributed by atoms with Crippen molar-refractivity contribution in [3.63, 3.8) is 0 Å². The molecule has 0 radical (unpaired) electrons. The molecule has 4 aliphatic rings. The second-order valence-corrected chi connectivity index (χ2v) is 28.9. The fourth-order valence-corrected chi connectivity index (χ4v) is 15.0. The van der Waals surface area contributed by atoms with E-state index in [1.54, 1.807) is 0 Å². The van der Waals surface area contributed by atoms with Crippen LogP contribution in [0.25, 0.3) is 22.3 Å². The van der Waals surface area contributed by atoms with Crippen LogP contribution in [-0.2, 0) is 32.5 Å². The maximum atomic E-state index is 2.74. The Kier molecular flexibility index (Phi) is 12.6. The first-order valence-corrected chi connectivity index (χ1v) is 30.6. The lowest BCUT2D eigenvalue weighted by Gasteiger charge is -2.48. The fraction of sp³-hybridized carbons (Fsp3) is 0.316. The number of hydrogen-bond donors (Lipinski definition) is 0. The lowest BCUT2D eigenvalue weighted by atomic mass is 9.32. The average Bonchev–Trinajstić information content (AvgIpc) is 0.934. The van der Waals surface area contributed by atoms with Crippen LogP contribution in [0.5, 0.6) is 0 Å². The highest BCUT2D eigenvalue weighted by molar-refractivity contribution is 7.00. The molecule has 3 heteroatoms. The van der Waals surface area contributed by atoms with Crippen molar-refractivity contribution >= 4 is 57.2 Å². The molecular weight excluding hydrogens is 988 g/mol. The minimum absolute atomic E-state index is 0.00768. The van der Waals surface area contributed by atoms with E-state index < -0.39 is 0 Å². The van der Waals surface area contributed by atoms with Crippen molar-refractivity contribution in [2.45, 2.75) is 161 Å². The van der Waals surface area contributed by atoms with Gasteiger partial charge in [-0.2, -0.15) is 0 Å². The Balaban J connectivity index is 1.17. The summed E-state index contributed by atoms with van der Waals surface area (Å²) in [5.74, 6) is 0.263. The van der Waals surface area contributed by atoms with E-state index in [1.165, 1.54) is 129 Å². The Morgan fingerprint density at radius 3 is 1.40 bits per heavy atom. The van der Waals surface area contributed by atoms with Crippen LogP contribution in [-0.4, -0.2) is 6.71 Å². The van der Waals surface area contributed by atoms with Crippen LogP contribution in [0.4, 0.5) is 34.1 Å². The maximum Gasteiger partial charge on any atom is 0.252 e. The molecule has 2 aliphatic heterocycles. The zero-order valence-corrected chi connectivity index (χ0v) is 51.4. The lowest BCUT2D eigenvalue weighted by molar-refractivity contribution is 0.332. The molecule has 0 saturated carbocycles. The van der Waals surface area contributed by atoms with Gasteiger partial charge in [0, 0.05) is 44.8 Å². The fourth-order valence-electron chi connectivity index (χ4n) is 15.0. The van der Waals surface area contributed by atoms with E-state index in [-0.39, 0.29) is 45.1 Å². The van der Waals surface area contributed by atoms with E-state index in [0.717, 1.165) is 19.3 Å². The summed E-state index contributed by atoms with van der Waals surface area (Å²) in [6.45, 7) is 34.2. The molecule has 2 nitrogen and oxygen atoms in total. The summed E-state index contributed by atoms with van der Waals surface area (Å²) in [5, 5.41) is 0. The van der Waals surface area contributed by atoms with E-state index in [1.807, 2.05) is 0 Å². The first-order chi connectivity index (χ1) is 39.0. The number of benzene rings is 9. The largest absolute Gasteiger partial charge is 0.311 e. The lowest BCUT2D eigenvalue weighted by Crippen LogP contribution is -2.62. The van der Waals surface area contributed by atoms with Crippen LogP contribution in [0.2, 0.25) is 0 Å². The van der Waals surface area contributed by atoms with Crippen molar-refractivity contribution in [1.82, 2.24) is 0 Å². The molecule has 2 aliphatic carbocycles. The molecule has 0 spiro atoms. The molecule has 82 heavy (non-hydrogen) atoms. The van der Waals surface area contributed by atoms with Crippen molar-refractivity contribution in [3.8, 4) is 22.3 Å². The van der Waals surface area contributed by atoms with Gasteiger partial charge >= 0.3 is 0 Å². The summed E-state index contributed by atoms with van der Waals surface area (Å²) in [5.41, 5.74) is 28.6. The molecule has 0 atom stereocenters. The highest BCUT2D eigenvalue weighted by atomic mass is 15.2. The summed E-state index contributed by atoms with van der Waals surface area (Å²) in [4.78, 5) is 5.45. The second kappa shape index (κ2) is 19.1. The average molecular weight is 1070 g/mol. The molecule has 0 amide bonds. The van der Waals surface area contributed by atoms with Crippen LogP contribution in [0.3, 0.4) is 0 Å². The standard InChI is InChI=1S/C79H83BN2/c1-51(2)53-44-71-73-72(45-53)82(68-38-34-56(78(11,12)54-28-20-16-21-29-54)46-61(68)60-33-25-24-32-59(60)52-26-18-15-19-27-52)69-39-35-57(79(13,14)55-30-22-17-23-31-55)47-66(69)80(73)67-49-64-65(77(9,10)43-42-76(64,7)8)50-70(67)81(71)58-36-37-62-63(48-58)75(5,6)41-40-74(62,3)4/h15-39,44-51H,40-43H2,1-14H3. The number of nitrogens with zero attached hydrogens (tertiary/aromatic N) is 2. The molecule has 0 saturated heterocycles. The predicted octanol–water partition coefficient (Wildman–Crippen LogP) is 19.6. The number of rotatable bonds is 9. The van der Waals surface area contributed by atoms with Crippen LogP contribution in [0.15, 0.2) is 194 Å². The Labute approximate surface area is 491 Å². The zero-order chi connectivity index (χ0) is 57.5. The molecule has 0 bridgehead atoms. The monoisotopic (exact) mass is 1070 g/mol. The maximum absolute atomic E-state index is 2.74. The van der Waals surface area contributed by atoms with Crippen molar-refractivity contribution < 1.29 is 0 Å². The predicted molar refractivity (Wildman–Crippen MR) is 353 cm³/mol. The third-order valence-corrected chi connectivity index (χ3v) is 20.8. The SMILES string of the molecule is CC(C)c1cc2c3c(c1)N(c1ccc(C(C)(C)c4ccccc4)cc1-c1ccccc1-c1ccccc1)c1ccc(C(C)(C)c4ccccc4)cc1B3c1cc3c(cc1N2c1ccc2c(c1)C(C)(C)CCC2(C)C)C(C)(C)CCC3(C)C. The van der Waals surface area contributed by atoms with E-state index in [0.29, 0.717) is 0 Å². The summed E-state index contributed by atoms with van der Waals surface area (Å²) in [6, 6.07) is 75.6. The Morgan fingerprint density at radius 2 is 0.829 bits per heavy atom. The van der Waals surface area contributed by atoms with Crippen molar-refractivity contribution in [2.75, 3.05) is 9.80 Å². The minimum Gasteiger partial charge on any atom is -0.311 e. The van der Waals surface area contributed by atoms with Gasteiger partial charge in [0.15, 0.2) is 0 Å². The van der Waals surface area contributed by atoms with E-state index in [2.05, 4.69) is 301 Å². The first kappa shape index (κ1) is 53.9. The molecule has 0 fully saturated rings. The van der Waals surface area contributed by atoms with Crippen LogP contribution in [0, 0.1) is 0 Å². The highest BCUT2D eigenvalue weighted by Crippen LogP contribution is 2.55. The third kappa shape index (κ3) is 8.57. The van der Waals surface area contributed by atoms with E-state index in [4.69, 9.17) is 0 Å². The van der Waals surface area contributed by atoms with Crippen molar-refractivity contribution in [3.05, 3.63) is 244 Å². The van der Waals surface area contributed by atoms with Gasteiger partial charge in [-0.25, -0.2) is 0 Å². The second-order valence-electron chi connectivity index (χ2n) is 28.9. The van der Waals surface area contributed by atoms with Gasteiger partial charge in [0.1, 0.15) is 0 Å². The molecule has 9 aromatic carbocycles. The number of hydrogen-bond acceptors (Lipinski definition) is 2. The van der Waals surface area contributed by atoms with Gasteiger partial charge in [0.25, 0.3) is 6.71 Å². The summed E-state index contributed by atoms with van der Waals surface area (Å²) in [6.07, 6.45) is 4.65. The molecule has 13 rings (SSSR count). The Bertz CT molecular complexity index is 3970. The summed E-state index contributed by atoms with van der Waals surface area (Å²) in [7, 11) is 0. The number of fused-ring (bicyclic) bond motifs is 6. The van der Waals surface area contributed by atoms with E-state index in [9.17, 15) is 0 Å². The normalized spacial score (nSPS) is 17.1. The van der Waals surface area contributed by atoms with E-state index >= 15 is 0 Å². The van der Waals surface area contributed by atoms with Gasteiger partial charge in [-0.1, -0.05) is 243 Å². The van der Waals surface area contributed by atoms with Gasteiger partial charge in [-0.15, -0.1) is 0 Å². The Hall–Kier alpha value is -7.36. The molecule has 0 aromatic heterocycles. The van der Waals surface area contributed by atoms with Crippen molar-refractivity contribution in [1.29, 1.82) is 0 Å². The smallest absolute Gasteiger partial charge is 0.252 e. The van der Waals surface area contributed by atoms with Gasteiger partial charge in [0.05, 0.1) is 5.69 Å². The van der Waals surface area contributed by atoms with Crippen LogP contribution >= 0.6 is 0 Å². The Morgan fingerprint density at radius 1 is 0.366 bits per heavy atom. The van der Waals surface area contributed by atoms with Crippen LogP contribution < -0.4 is 26.2 Å². The van der Waals surface area contributed by atoms with Crippen molar-refractivity contribution in [2.24, 2.45) is 0 Å². The topological polar surface area (TPSA) is 6.48 Å². The quantitative estimate of drug-likeness (QED) is 0.133. The highest BCUT2D eigenvalue weighted by Gasteiger charge is 2.48. The zero-order valence-electron chi connectivity index (χ0n) is 51.4. The first-order valence-electron chi connectivity index (χ1n) is 30.6. The summed E-state index contributed by atoms with van der Waals surface area (Å²) < 4.78 is 0. The molecule has 0 unspecified atom stereocenters. The van der Waals surface area contributed by atoms with Gasteiger partial charge in [0.2, 0.25) is 0 Å². The number of anilines is 6. The summed E-state index contributed by atoms with van der Waals surface area (Å²) >= 11 is 0. The minimum atomic E-state index is -0.278. The molecule has 0 N–H and O–H groups in total. The molecule has 2 heterocycles. The van der Waals surface area contributed by atoms with Gasteiger partial charge in [-0.3, -0.25) is 0 Å². The molecular formula is C79H83BN2. The van der Waals surface area contributed by atoms with Gasteiger partial charge in [-0.05, 0) is 185 Å². The third-order valence-electron chi connectivity index (χ3n) is 20.8. The van der Waals surface area contributed by atoms with Gasteiger partial charge < -0.3 is 9.80 Å².